The maximum absolute atomic E-state index is 12.2. The van der Waals surface area contributed by atoms with Gasteiger partial charge in [0.25, 0.3) is 0 Å². The van der Waals surface area contributed by atoms with Crippen LogP contribution in [0.5, 0.6) is 0 Å². The van der Waals surface area contributed by atoms with Gasteiger partial charge in [-0.3, -0.25) is 0 Å². The average Bonchev–Trinajstić information content (AvgIpc) is 2.98. The number of aryl methyl sites for hydroxylation is 2. The van der Waals surface area contributed by atoms with E-state index in [1.165, 1.54) is 0 Å². The van der Waals surface area contributed by atoms with Crippen LogP contribution in [0.15, 0.2) is 34.9 Å². The fourth-order valence-corrected chi connectivity index (χ4v) is 2.23. The lowest BCUT2D eigenvalue weighted by Crippen LogP contribution is -2.05. The molecule has 0 fully saturated rings. The number of carbonyl (C=O) groups is 1. The van der Waals surface area contributed by atoms with Crippen molar-refractivity contribution in [3.8, 4) is 0 Å². The highest BCUT2D eigenvalue weighted by Gasteiger charge is 2.17. The first-order valence-electron chi connectivity index (χ1n) is 6.32. The first-order chi connectivity index (χ1) is 9.65. The van der Waals surface area contributed by atoms with Gasteiger partial charge in [-0.05, 0) is 19.9 Å². The highest BCUT2D eigenvalue weighted by atomic mass is 16.5. The molecular weight excluding hydrogens is 256 g/mol. The highest BCUT2D eigenvalue weighted by molar-refractivity contribution is 6.05. The monoisotopic (exact) mass is 270 g/mol. The summed E-state index contributed by atoms with van der Waals surface area (Å²) in [6, 6.07) is 9.39. The molecule has 0 aliphatic rings. The standard InChI is InChI=1S/C15H14N2O3/c1-9-7-11(20-17-9)8-19-15(18)14-10(2)16-13-6-4-3-5-12(13)14/h3-7,16H,8H2,1-2H3. The molecule has 102 valence electrons. The molecule has 2 aromatic heterocycles. The number of rotatable bonds is 3. The topological polar surface area (TPSA) is 68.1 Å². The van der Waals surface area contributed by atoms with Crippen LogP contribution in [0, 0.1) is 13.8 Å². The second-order valence-corrected chi connectivity index (χ2v) is 4.68. The van der Waals surface area contributed by atoms with Gasteiger partial charge >= 0.3 is 5.97 Å². The molecule has 0 aliphatic heterocycles. The Morgan fingerprint density at radius 1 is 1.35 bits per heavy atom. The van der Waals surface area contributed by atoms with Crippen LogP contribution < -0.4 is 0 Å². The molecule has 0 bridgehead atoms. The van der Waals surface area contributed by atoms with Crippen molar-refractivity contribution in [2.75, 3.05) is 0 Å². The molecule has 1 N–H and O–H groups in total. The summed E-state index contributed by atoms with van der Waals surface area (Å²) in [5.41, 5.74) is 3.05. The number of carbonyl (C=O) groups excluding carboxylic acids is 1. The largest absolute Gasteiger partial charge is 0.454 e. The van der Waals surface area contributed by atoms with E-state index in [0.717, 1.165) is 22.3 Å². The Labute approximate surface area is 115 Å². The number of aromatic amines is 1. The lowest BCUT2D eigenvalue weighted by molar-refractivity contribution is 0.0439. The first-order valence-corrected chi connectivity index (χ1v) is 6.32. The number of nitrogens with one attached hydrogen (secondary N) is 1. The van der Waals surface area contributed by atoms with E-state index < -0.39 is 0 Å². The summed E-state index contributed by atoms with van der Waals surface area (Å²) in [6.45, 7) is 3.76. The zero-order valence-corrected chi connectivity index (χ0v) is 11.3. The van der Waals surface area contributed by atoms with Crippen LogP contribution in [0.1, 0.15) is 27.5 Å². The Hall–Kier alpha value is -2.56. The number of benzene rings is 1. The minimum atomic E-state index is -0.367. The van der Waals surface area contributed by atoms with Gasteiger partial charge in [0.15, 0.2) is 12.4 Å². The summed E-state index contributed by atoms with van der Waals surface area (Å²) in [5.74, 6) is 0.169. The van der Waals surface area contributed by atoms with Gasteiger partial charge in [0.1, 0.15) is 0 Å². The van der Waals surface area contributed by atoms with E-state index in [1.807, 2.05) is 38.1 Å². The van der Waals surface area contributed by atoms with Gasteiger partial charge in [-0.2, -0.15) is 0 Å². The SMILES string of the molecule is Cc1cc(COC(=O)c2c(C)[nH]c3ccccc23)on1. The number of esters is 1. The number of H-pyrrole nitrogens is 1. The third-order valence-corrected chi connectivity index (χ3v) is 3.12. The maximum atomic E-state index is 12.2. The zero-order chi connectivity index (χ0) is 14.1. The summed E-state index contributed by atoms with van der Waals surface area (Å²) in [5, 5.41) is 4.62. The highest BCUT2D eigenvalue weighted by Crippen LogP contribution is 2.23. The van der Waals surface area contributed by atoms with E-state index in [0.29, 0.717) is 11.3 Å². The molecule has 2 heterocycles. The van der Waals surface area contributed by atoms with Crippen molar-refractivity contribution in [1.82, 2.24) is 10.1 Å². The normalized spacial score (nSPS) is 10.9. The molecule has 5 heteroatoms. The smallest absolute Gasteiger partial charge is 0.341 e. The lowest BCUT2D eigenvalue weighted by Gasteiger charge is -2.02. The van der Waals surface area contributed by atoms with E-state index in [1.54, 1.807) is 6.07 Å². The van der Waals surface area contributed by atoms with Gasteiger partial charge in [-0.15, -0.1) is 0 Å². The quantitative estimate of drug-likeness (QED) is 0.742. The van der Waals surface area contributed by atoms with Gasteiger partial charge in [0.2, 0.25) is 0 Å². The Morgan fingerprint density at radius 2 is 2.15 bits per heavy atom. The van der Waals surface area contributed by atoms with Gasteiger partial charge < -0.3 is 14.2 Å². The molecule has 0 amide bonds. The van der Waals surface area contributed by atoms with E-state index in [2.05, 4.69) is 10.1 Å². The average molecular weight is 270 g/mol. The van der Waals surface area contributed by atoms with Gasteiger partial charge in [0, 0.05) is 22.7 Å². The molecule has 0 saturated heterocycles. The Balaban J connectivity index is 1.83. The first kappa shape index (κ1) is 12.5. The summed E-state index contributed by atoms with van der Waals surface area (Å²) < 4.78 is 10.3. The number of para-hydroxylation sites is 1. The molecule has 3 aromatic rings. The van der Waals surface area contributed by atoms with Gasteiger partial charge in [0.05, 0.1) is 11.3 Å². The van der Waals surface area contributed by atoms with Crippen LogP contribution in [0.3, 0.4) is 0 Å². The molecule has 20 heavy (non-hydrogen) atoms. The predicted octanol–water partition coefficient (Wildman–Crippen LogP) is 3.13. The molecule has 0 unspecified atom stereocenters. The Morgan fingerprint density at radius 3 is 2.90 bits per heavy atom. The van der Waals surface area contributed by atoms with Crippen LogP contribution in [0.4, 0.5) is 0 Å². The minimum absolute atomic E-state index is 0.0820. The molecule has 0 saturated carbocycles. The number of nitrogens with zero attached hydrogens (tertiary/aromatic N) is 1. The number of aromatic nitrogens is 2. The van der Waals surface area contributed by atoms with E-state index in [9.17, 15) is 4.79 Å². The molecule has 3 rings (SSSR count). The molecule has 0 radical (unpaired) electrons. The third kappa shape index (κ3) is 2.18. The van der Waals surface area contributed by atoms with Gasteiger partial charge in [-0.25, -0.2) is 4.79 Å². The predicted molar refractivity (Wildman–Crippen MR) is 73.4 cm³/mol. The molecule has 5 nitrogen and oxygen atoms in total. The maximum Gasteiger partial charge on any atom is 0.341 e. The third-order valence-electron chi connectivity index (χ3n) is 3.12. The molecule has 1 aromatic carbocycles. The number of ether oxygens (including phenoxy) is 1. The van der Waals surface area contributed by atoms with E-state index >= 15 is 0 Å². The zero-order valence-electron chi connectivity index (χ0n) is 11.3. The van der Waals surface area contributed by atoms with Crippen molar-refractivity contribution in [3.63, 3.8) is 0 Å². The van der Waals surface area contributed by atoms with Crippen molar-refractivity contribution in [3.05, 3.63) is 53.0 Å². The summed E-state index contributed by atoms with van der Waals surface area (Å²) in [7, 11) is 0. The fourth-order valence-electron chi connectivity index (χ4n) is 2.23. The second-order valence-electron chi connectivity index (χ2n) is 4.68. The van der Waals surface area contributed by atoms with Crippen LogP contribution >= 0.6 is 0 Å². The molecule has 0 spiro atoms. The van der Waals surface area contributed by atoms with Crippen molar-refractivity contribution >= 4 is 16.9 Å². The number of hydrogen-bond donors (Lipinski definition) is 1. The summed E-state index contributed by atoms with van der Waals surface area (Å²) in [4.78, 5) is 15.4. The van der Waals surface area contributed by atoms with Gasteiger partial charge in [-0.1, -0.05) is 23.4 Å². The van der Waals surface area contributed by atoms with Crippen LogP contribution in [0.25, 0.3) is 10.9 Å². The van der Waals surface area contributed by atoms with Crippen molar-refractivity contribution in [2.45, 2.75) is 20.5 Å². The van der Waals surface area contributed by atoms with E-state index in [-0.39, 0.29) is 12.6 Å². The molecule has 0 aliphatic carbocycles. The number of fused-ring (bicyclic) bond motifs is 1. The Kier molecular flexibility index (Phi) is 3.02. The fraction of sp³-hybridized carbons (Fsp3) is 0.200. The summed E-state index contributed by atoms with van der Waals surface area (Å²) >= 11 is 0. The van der Waals surface area contributed by atoms with Crippen LogP contribution in [0.2, 0.25) is 0 Å². The van der Waals surface area contributed by atoms with Crippen molar-refractivity contribution < 1.29 is 14.1 Å². The minimum Gasteiger partial charge on any atom is -0.454 e. The summed E-state index contributed by atoms with van der Waals surface area (Å²) in [6.07, 6.45) is 0. The van der Waals surface area contributed by atoms with Crippen LogP contribution in [-0.2, 0) is 11.3 Å². The molecular formula is C15H14N2O3. The molecule has 0 atom stereocenters. The van der Waals surface area contributed by atoms with E-state index in [4.69, 9.17) is 9.26 Å². The van der Waals surface area contributed by atoms with Crippen LogP contribution in [-0.4, -0.2) is 16.1 Å². The Bertz CT molecular complexity index is 770. The van der Waals surface area contributed by atoms with Crippen molar-refractivity contribution in [2.24, 2.45) is 0 Å². The second kappa shape index (κ2) is 4.85. The lowest BCUT2D eigenvalue weighted by atomic mass is 10.1. The number of hydrogen-bond acceptors (Lipinski definition) is 4. The van der Waals surface area contributed by atoms with Crippen molar-refractivity contribution in [1.29, 1.82) is 0 Å².